The summed E-state index contributed by atoms with van der Waals surface area (Å²) in [5.74, 6) is 0.507. The maximum absolute atomic E-state index is 13.1. The molecule has 1 fully saturated rings. The number of carbonyl (C=O) groups is 1. The molecule has 1 aliphatic rings. The summed E-state index contributed by atoms with van der Waals surface area (Å²) in [4.78, 5) is 19.8. The highest BCUT2D eigenvalue weighted by atomic mass is 32.2. The van der Waals surface area contributed by atoms with Crippen molar-refractivity contribution >= 4 is 15.7 Å². The highest BCUT2D eigenvalue weighted by Gasteiger charge is 2.27. The van der Waals surface area contributed by atoms with Crippen LogP contribution in [0.2, 0.25) is 0 Å². The number of amides is 1. The number of nitrogens with zero attached hydrogens (tertiary/aromatic N) is 3. The minimum atomic E-state index is -3.26. The highest BCUT2D eigenvalue weighted by Crippen LogP contribution is 2.24. The van der Waals surface area contributed by atoms with E-state index >= 15 is 0 Å². The lowest BCUT2D eigenvalue weighted by molar-refractivity contribution is -0.127. The van der Waals surface area contributed by atoms with Gasteiger partial charge in [-0.2, -0.15) is 4.98 Å². The van der Waals surface area contributed by atoms with Crippen LogP contribution in [0.15, 0.2) is 57.9 Å². The summed E-state index contributed by atoms with van der Waals surface area (Å²) in [5.41, 5.74) is 1.58. The van der Waals surface area contributed by atoms with E-state index in [2.05, 4.69) is 20.4 Å². The molecule has 0 radical (unpaired) electrons. The normalized spacial score (nSPS) is 16.2. The molecule has 1 unspecified atom stereocenters. The lowest BCUT2D eigenvalue weighted by Crippen LogP contribution is -2.41. The SMILES string of the molecule is CCC(NC(=O)C1CCN(Cc2nc(-c3ccc(F)cc3)no2)CC1)c1ccc(S(C)(=O)=O)cc1. The van der Waals surface area contributed by atoms with E-state index in [9.17, 15) is 17.6 Å². The minimum Gasteiger partial charge on any atom is -0.349 e. The van der Waals surface area contributed by atoms with Gasteiger partial charge in [-0.25, -0.2) is 12.8 Å². The summed E-state index contributed by atoms with van der Waals surface area (Å²) in [5, 5.41) is 7.11. The second kappa shape index (κ2) is 10.7. The summed E-state index contributed by atoms with van der Waals surface area (Å²) in [6.07, 6.45) is 3.31. The molecule has 10 heteroatoms. The average Bonchev–Trinajstić information content (AvgIpc) is 3.31. The summed E-state index contributed by atoms with van der Waals surface area (Å²) >= 11 is 0. The van der Waals surface area contributed by atoms with Gasteiger partial charge in [-0.05, 0) is 74.3 Å². The van der Waals surface area contributed by atoms with Gasteiger partial charge in [0.2, 0.25) is 17.6 Å². The first-order valence-corrected chi connectivity index (χ1v) is 13.5. The smallest absolute Gasteiger partial charge is 0.241 e. The fraction of sp³-hybridized carbons (Fsp3) is 0.400. The van der Waals surface area contributed by atoms with Crippen LogP contribution in [0.4, 0.5) is 4.39 Å². The number of halogens is 1. The van der Waals surface area contributed by atoms with Gasteiger partial charge >= 0.3 is 0 Å². The number of aromatic nitrogens is 2. The molecule has 1 aliphatic heterocycles. The van der Waals surface area contributed by atoms with Crippen molar-refractivity contribution in [2.45, 2.75) is 43.7 Å². The average molecular weight is 501 g/mol. The molecule has 4 rings (SSSR count). The van der Waals surface area contributed by atoms with Crippen LogP contribution in [0.25, 0.3) is 11.4 Å². The molecule has 0 spiro atoms. The monoisotopic (exact) mass is 500 g/mol. The standard InChI is InChI=1S/C25H29FN4O4S/c1-3-22(17-6-10-21(11-7-17)35(2,32)33)27-25(31)19-12-14-30(15-13-19)16-23-28-24(29-34-23)18-4-8-20(26)9-5-18/h4-11,19,22H,3,12-16H2,1-2H3,(H,27,31). The second-order valence-corrected chi connectivity index (χ2v) is 10.9. The van der Waals surface area contributed by atoms with Gasteiger partial charge in [0, 0.05) is 17.7 Å². The second-order valence-electron chi connectivity index (χ2n) is 8.88. The van der Waals surface area contributed by atoms with E-state index in [1.807, 2.05) is 6.92 Å². The van der Waals surface area contributed by atoms with Crippen molar-refractivity contribution in [3.8, 4) is 11.4 Å². The van der Waals surface area contributed by atoms with Gasteiger partial charge in [0.1, 0.15) is 5.82 Å². The molecule has 1 aromatic heterocycles. The quantitative estimate of drug-likeness (QED) is 0.502. The van der Waals surface area contributed by atoms with Crippen LogP contribution in [0, 0.1) is 11.7 Å². The van der Waals surface area contributed by atoms with Gasteiger partial charge in [-0.15, -0.1) is 0 Å². The molecule has 0 bridgehead atoms. The molecule has 1 atom stereocenters. The Balaban J connectivity index is 1.29. The number of benzene rings is 2. The van der Waals surface area contributed by atoms with Crippen LogP contribution in [-0.4, -0.2) is 48.7 Å². The van der Waals surface area contributed by atoms with E-state index < -0.39 is 9.84 Å². The Labute approximate surface area is 204 Å². The first-order valence-electron chi connectivity index (χ1n) is 11.6. The first kappa shape index (κ1) is 25.0. The van der Waals surface area contributed by atoms with Crippen molar-refractivity contribution in [1.82, 2.24) is 20.4 Å². The highest BCUT2D eigenvalue weighted by molar-refractivity contribution is 7.90. The van der Waals surface area contributed by atoms with Crippen LogP contribution in [0.1, 0.15) is 43.7 Å². The maximum atomic E-state index is 13.1. The van der Waals surface area contributed by atoms with Gasteiger partial charge in [0.15, 0.2) is 9.84 Å². The molecule has 35 heavy (non-hydrogen) atoms. The third-order valence-electron chi connectivity index (χ3n) is 6.32. The van der Waals surface area contributed by atoms with Crippen LogP contribution in [0.3, 0.4) is 0 Å². The lowest BCUT2D eigenvalue weighted by Gasteiger charge is -2.31. The predicted molar refractivity (Wildman–Crippen MR) is 128 cm³/mol. The molecule has 1 amide bonds. The van der Waals surface area contributed by atoms with E-state index in [1.165, 1.54) is 18.4 Å². The first-order chi connectivity index (χ1) is 16.7. The summed E-state index contributed by atoms with van der Waals surface area (Å²) < 4.78 is 41.8. The van der Waals surface area contributed by atoms with Crippen molar-refractivity contribution in [1.29, 1.82) is 0 Å². The molecule has 3 aromatic rings. The van der Waals surface area contributed by atoms with Crippen LogP contribution in [0.5, 0.6) is 0 Å². The third kappa shape index (κ3) is 6.32. The van der Waals surface area contributed by atoms with Gasteiger partial charge in [-0.1, -0.05) is 24.2 Å². The van der Waals surface area contributed by atoms with Crippen LogP contribution < -0.4 is 5.32 Å². The Bertz CT molecular complexity index is 1250. The van der Waals surface area contributed by atoms with Crippen molar-refractivity contribution in [3.63, 3.8) is 0 Å². The third-order valence-corrected chi connectivity index (χ3v) is 7.45. The van der Waals surface area contributed by atoms with Crippen molar-refractivity contribution in [2.24, 2.45) is 5.92 Å². The Hall–Kier alpha value is -3.11. The van der Waals surface area contributed by atoms with E-state index in [-0.39, 0.29) is 28.6 Å². The number of piperidine rings is 1. The fourth-order valence-electron chi connectivity index (χ4n) is 4.24. The number of sulfone groups is 1. The Morgan fingerprint density at radius 2 is 1.80 bits per heavy atom. The number of nitrogens with one attached hydrogen (secondary N) is 1. The Morgan fingerprint density at radius 1 is 1.14 bits per heavy atom. The summed E-state index contributed by atoms with van der Waals surface area (Å²) in [6, 6.07) is 12.4. The molecule has 2 heterocycles. The van der Waals surface area contributed by atoms with Crippen LogP contribution >= 0.6 is 0 Å². The van der Waals surface area contributed by atoms with E-state index in [1.54, 1.807) is 36.4 Å². The Kier molecular flexibility index (Phi) is 7.61. The molecule has 1 saturated heterocycles. The van der Waals surface area contributed by atoms with Gasteiger partial charge < -0.3 is 9.84 Å². The molecule has 186 valence electrons. The van der Waals surface area contributed by atoms with Gasteiger partial charge in [0.05, 0.1) is 17.5 Å². The predicted octanol–water partition coefficient (Wildman–Crippen LogP) is 3.76. The Morgan fingerprint density at radius 3 is 2.40 bits per heavy atom. The summed E-state index contributed by atoms with van der Waals surface area (Å²) in [7, 11) is -3.26. The zero-order valence-corrected chi connectivity index (χ0v) is 20.6. The lowest BCUT2D eigenvalue weighted by atomic mass is 9.94. The van der Waals surface area contributed by atoms with E-state index in [4.69, 9.17) is 4.52 Å². The minimum absolute atomic E-state index is 0.0140. The molecule has 0 aliphatic carbocycles. The fourth-order valence-corrected chi connectivity index (χ4v) is 4.87. The number of rotatable bonds is 8. The number of carbonyl (C=O) groups excluding carboxylic acids is 1. The maximum Gasteiger partial charge on any atom is 0.241 e. The number of hydrogen-bond donors (Lipinski definition) is 1. The molecule has 2 aromatic carbocycles. The largest absolute Gasteiger partial charge is 0.349 e. The molecular weight excluding hydrogens is 471 g/mol. The van der Waals surface area contributed by atoms with Crippen LogP contribution in [-0.2, 0) is 21.2 Å². The van der Waals surface area contributed by atoms with Crippen molar-refractivity contribution in [3.05, 3.63) is 65.8 Å². The zero-order chi connectivity index (χ0) is 25.0. The molecule has 8 nitrogen and oxygen atoms in total. The van der Waals surface area contributed by atoms with Crippen molar-refractivity contribution in [2.75, 3.05) is 19.3 Å². The molecule has 0 saturated carbocycles. The van der Waals surface area contributed by atoms with E-state index in [0.29, 0.717) is 43.1 Å². The van der Waals surface area contributed by atoms with E-state index in [0.717, 1.165) is 18.7 Å². The summed E-state index contributed by atoms with van der Waals surface area (Å²) in [6.45, 7) is 3.94. The molecule has 1 N–H and O–H groups in total. The molecular formula is C25H29FN4O4S. The number of likely N-dealkylation sites (tertiary alicyclic amines) is 1. The van der Waals surface area contributed by atoms with Crippen molar-refractivity contribution < 1.29 is 22.1 Å². The topological polar surface area (TPSA) is 105 Å². The zero-order valence-electron chi connectivity index (χ0n) is 19.8. The number of hydrogen-bond acceptors (Lipinski definition) is 7. The van der Waals surface area contributed by atoms with Gasteiger partial charge in [0.25, 0.3) is 0 Å². The van der Waals surface area contributed by atoms with Gasteiger partial charge in [-0.3, -0.25) is 9.69 Å².